The minimum absolute atomic E-state index is 0.0376. The summed E-state index contributed by atoms with van der Waals surface area (Å²) >= 11 is 0. The molecular formula is C22H19N3O5. The molecule has 0 aliphatic rings. The molecule has 152 valence electrons. The first-order valence-corrected chi connectivity index (χ1v) is 8.97. The maximum absolute atomic E-state index is 12.6. The van der Waals surface area contributed by atoms with Crippen molar-refractivity contribution in [3.63, 3.8) is 0 Å². The molecule has 3 aromatic rings. The van der Waals surface area contributed by atoms with Crippen molar-refractivity contribution in [3.8, 4) is 5.75 Å². The lowest BCUT2D eigenvalue weighted by Gasteiger charge is -2.08. The highest BCUT2D eigenvalue weighted by Crippen LogP contribution is 2.12. The Morgan fingerprint density at radius 2 is 1.80 bits per heavy atom. The van der Waals surface area contributed by atoms with Crippen LogP contribution in [0.15, 0.2) is 76.8 Å². The SMILES string of the molecule is COc1ccc(Cn2cccc(C(=O)N/N=C\c3ccc(C(=O)O)cc3)c2=O)cc1. The van der Waals surface area contributed by atoms with E-state index in [4.69, 9.17) is 9.84 Å². The fourth-order valence-corrected chi connectivity index (χ4v) is 2.70. The smallest absolute Gasteiger partial charge is 0.335 e. The summed E-state index contributed by atoms with van der Waals surface area (Å²) in [5, 5.41) is 12.7. The van der Waals surface area contributed by atoms with Gasteiger partial charge in [-0.15, -0.1) is 0 Å². The van der Waals surface area contributed by atoms with E-state index in [2.05, 4.69) is 10.5 Å². The zero-order valence-electron chi connectivity index (χ0n) is 16.1. The normalized spacial score (nSPS) is 10.7. The number of pyridine rings is 1. The van der Waals surface area contributed by atoms with Crippen molar-refractivity contribution in [3.05, 3.63) is 99.5 Å². The second kappa shape index (κ2) is 9.33. The van der Waals surface area contributed by atoms with Gasteiger partial charge >= 0.3 is 5.97 Å². The number of carbonyl (C=O) groups is 2. The van der Waals surface area contributed by atoms with Gasteiger partial charge in [0.15, 0.2) is 0 Å². The zero-order chi connectivity index (χ0) is 21.5. The number of hydrogen-bond donors (Lipinski definition) is 2. The number of aromatic nitrogens is 1. The van der Waals surface area contributed by atoms with E-state index in [1.807, 2.05) is 12.1 Å². The lowest BCUT2D eigenvalue weighted by molar-refractivity contribution is 0.0696. The quantitative estimate of drug-likeness (QED) is 0.463. The Morgan fingerprint density at radius 3 is 2.43 bits per heavy atom. The highest BCUT2D eigenvalue weighted by molar-refractivity contribution is 5.94. The van der Waals surface area contributed by atoms with Crippen LogP contribution >= 0.6 is 0 Å². The van der Waals surface area contributed by atoms with Crippen LogP contribution in [-0.4, -0.2) is 34.9 Å². The van der Waals surface area contributed by atoms with Gasteiger partial charge < -0.3 is 14.4 Å². The van der Waals surface area contributed by atoms with E-state index in [-0.39, 0.29) is 11.1 Å². The molecule has 0 saturated heterocycles. The molecular weight excluding hydrogens is 386 g/mol. The maximum Gasteiger partial charge on any atom is 0.335 e. The molecule has 0 aliphatic heterocycles. The van der Waals surface area contributed by atoms with Crippen LogP contribution < -0.4 is 15.7 Å². The van der Waals surface area contributed by atoms with Gasteiger partial charge in [-0.25, -0.2) is 10.2 Å². The van der Waals surface area contributed by atoms with Crippen LogP contribution in [0.3, 0.4) is 0 Å². The van der Waals surface area contributed by atoms with Gasteiger partial charge in [0.05, 0.1) is 25.4 Å². The summed E-state index contributed by atoms with van der Waals surface area (Å²) in [4.78, 5) is 35.8. The molecule has 30 heavy (non-hydrogen) atoms. The molecule has 0 radical (unpaired) electrons. The number of nitrogens with one attached hydrogen (secondary N) is 1. The summed E-state index contributed by atoms with van der Waals surface area (Å²) in [7, 11) is 1.58. The highest BCUT2D eigenvalue weighted by Gasteiger charge is 2.11. The van der Waals surface area contributed by atoms with Crippen LogP contribution in [0.25, 0.3) is 0 Å². The van der Waals surface area contributed by atoms with Crippen molar-refractivity contribution in [2.45, 2.75) is 6.54 Å². The van der Waals surface area contributed by atoms with Crippen molar-refractivity contribution in [1.82, 2.24) is 9.99 Å². The molecule has 0 atom stereocenters. The monoisotopic (exact) mass is 405 g/mol. The average molecular weight is 405 g/mol. The Balaban J connectivity index is 1.69. The number of hydrazone groups is 1. The summed E-state index contributed by atoms with van der Waals surface area (Å²) in [6, 6.07) is 16.3. The summed E-state index contributed by atoms with van der Waals surface area (Å²) < 4.78 is 6.55. The number of ether oxygens (including phenoxy) is 1. The van der Waals surface area contributed by atoms with Gasteiger partial charge in [-0.05, 0) is 47.5 Å². The minimum Gasteiger partial charge on any atom is -0.497 e. The Labute approximate surface area is 172 Å². The molecule has 3 rings (SSSR count). The molecule has 0 saturated carbocycles. The number of benzene rings is 2. The molecule has 0 aliphatic carbocycles. The van der Waals surface area contributed by atoms with Crippen molar-refractivity contribution in [2.24, 2.45) is 5.10 Å². The van der Waals surface area contributed by atoms with Gasteiger partial charge in [-0.1, -0.05) is 24.3 Å². The summed E-state index contributed by atoms with van der Waals surface area (Å²) in [6.45, 7) is 0.309. The second-order valence-electron chi connectivity index (χ2n) is 6.33. The molecule has 1 aromatic heterocycles. The van der Waals surface area contributed by atoms with Gasteiger partial charge in [-0.3, -0.25) is 9.59 Å². The largest absolute Gasteiger partial charge is 0.497 e. The molecule has 8 heteroatoms. The topological polar surface area (TPSA) is 110 Å². The molecule has 2 N–H and O–H groups in total. The first-order valence-electron chi connectivity index (χ1n) is 8.97. The number of carboxylic acids is 1. The standard InChI is InChI=1S/C22H19N3O5/c1-30-18-10-6-16(7-11-18)14-25-12-2-3-19(21(25)27)20(26)24-23-13-15-4-8-17(9-5-15)22(28)29/h2-13H,14H2,1H3,(H,24,26)(H,28,29)/b23-13-. The predicted molar refractivity (Wildman–Crippen MR) is 111 cm³/mol. The third-order valence-corrected chi connectivity index (χ3v) is 4.31. The number of aromatic carboxylic acids is 1. The molecule has 1 amide bonds. The molecule has 8 nitrogen and oxygen atoms in total. The zero-order valence-corrected chi connectivity index (χ0v) is 16.1. The molecule has 1 heterocycles. The number of amides is 1. The van der Waals surface area contributed by atoms with Gasteiger partial charge in [0.2, 0.25) is 0 Å². The lowest BCUT2D eigenvalue weighted by Crippen LogP contribution is -2.30. The first-order chi connectivity index (χ1) is 14.5. The first kappa shape index (κ1) is 20.5. The van der Waals surface area contributed by atoms with Crippen molar-refractivity contribution in [2.75, 3.05) is 7.11 Å². The fraction of sp³-hybridized carbons (Fsp3) is 0.0909. The second-order valence-corrected chi connectivity index (χ2v) is 6.33. The van der Waals surface area contributed by atoms with Gasteiger partial charge in [0, 0.05) is 6.20 Å². The van der Waals surface area contributed by atoms with Gasteiger partial charge in [0.1, 0.15) is 11.3 Å². The number of hydrogen-bond acceptors (Lipinski definition) is 5. The van der Waals surface area contributed by atoms with E-state index < -0.39 is 17.4 Å². The third-order valence-electron chi connectivity index (χ3n) is 4.31. The Kier molecular flexibility index (Phi) is 6.39. The average Bonchev–Trinajstić information content (AvgIpc) is 2.76. The number of carbonyl (C=O) groups excluding carboxylic acids is 1. The third kappa shape index (κ3) is 4.99. The Hall–Kier alpha value is -4.20. The van der Waals surface area contributed by atoms with E-state index in [0.29, 0.717) is 12.1 Å². The van der Waals surface area contributed by atoms with E-state index in [0.717, 1.165) is 11.3 Å². The van der Waals surface area contributed by atoms with Crippen LogP contribution in [-0.2, 0) is 6.54 Å². The highest BCUT2D eigenvalue weighted by atomic mass is 16.5. The molecule has 2 aromatic carbocycles. The fourth-order valence-electron chi connectivity index (χ4n) is 2.70. The van der Waals surface area contributed by atoms with Crippen LogP contribution in [0.4, 0.5) is 0 Å². The summed E-state index contributed by atoms with van der Waals surface area (Å²) in [5.41, 5.74) is 3.48. The van der Waals surface area contributed by atoms with E-state index in [1.54, 1.807) is 43.6 Å². The van der Waals surface area contributed by atoms with Crippen molar-refractivity contribution >= 4 is 18.1 Å². The van der Waals surface area contributed by atoms with Crippen LogP contribution in [0.1, 0.15) is 31.8 Å². The molecule has 0 bridgehead atoms. The predicted octanol–water partition coefficient (Wildman–Crippen LogP) is 2.37. The Morgan fingerprint density at radius 1 is 1.10 bits per heavy atom. The van der Waals surface area contributed by atoms with Gasteiger partial charge in [-0.2, -0.15) is 5.10 Å². The Bertz CT molecular complexity index is 1130. The lowest BCUT2D eigenvalue weighted by atomic mass is 10.1. The van der Waals surface area contributed by atoms with Gasteiger partial charge in [0.25, 0.3) is 11.5 Å². The van der Waals surface area contributed by atoms with E-state index >= 15 is 0 Å². The van der Waals surface area contributed by atoms with E-state index in [1.165, 1.54) is 29.0 Å². The number of nitrogens with zero attached hydrogens (tertiary/aromatic N) is 2. The maximum atomic E-state index is 12.6. The van der Waals surface area contributed by atoms with E-state index in [9.17, 15) is 14.4 Å². The van der Waals surface area contributed by atoms with Crippen LogP contribution in [0, 0.1) is 0 Å². The summed E-state index contributed by atoms with van der Waals surface area (Å²) in [6.07, 6.45) is 2.97. The number of carboxylic acid groups (broad SMARTS) is 1. The van der Waals surface area contributed by atoms with Crippen molar-refractivity contribution in [1.29, 1.82) is 0 Å². The molecule has 0 fully saturated rings. The number of methoxy groups -OCH3 is 1. The summed E-state index contributed by atoms with van der Waals surface area (Å²) in [5.74, 6) is -0.945. The van der Waals surface area contributed by atoms with Crippen LogP contribution in [0.2, 0.25) is 0 Å². The molecule has 0 unspecified atom stereocenters. The van der Waals surface area contributed by atoms with Crippen LogP contribution in [0.5, 0.6) is 5.75 Å². The number of rotatable bonds is 7. The minimum atomic E-state index is -1.03. The molecule has 0 spiro atoms. The van der Waals surface area contributed by atoms with Crippen molar-refractivity contribution < 1.29 is 19.4 Å².